The van der Waals surface area contributed by atoms with Gasteiger partial charge >= 0.3 is 0 Å². The number of para-hydroxylation sites is 1. The minimum absolute atomic E-state index is 0.0363. The summed E-state index contributed by atoms with van der Waals surface area (Å²) in [6, 6.07) is 8.11. The molecule has 0 spiro atoms. The van der Waals surface area contributed by atoms with Crippen LogP contribution in [-0.4, -0.2) is 50.4 Å². The van der Waals surface area contributed by atoms with Gasteiger partial charge in [-0.3, -0.25) is 4.79 Å². The molecule has 0 radical (unpaired) electrons. The topological polar surface area (TPSA) is 54.3 Å². The molecule has 3 aromatic rings. The molecule has 1 amide bonds. The van der Waals surface area contributed by atoms with Crippen LogP contribution in [0, 0.1) is 6.92 Å². The van der Waals surface area contributed by atoms with E-state index in [9.17, 15) is 4.79 Å². The maximum Gasteiger partial charge on any atom is 0.256 e. The highest BCUT2D eigenvalue weighted by atomic mass is 16.2. The summed E-state index contributed by atoms with van der Waals surface area (Å²) in [6.45, 7) is 4.71. The maximum atomic E-state index is 13.7. The van der Waals surface area contributed by atoms with Crippen molar-refractivity contribution in [1.29, 1.82) is 0 Å². The molecular formula is C23H27N5O. The highest BCUT2D eigenvalue weighted by Gasteiger charge is 2.35. The first-order chi connectivity index (χ1) is 14.0. The Labute approximate surface area is 171 Å². The van der Waals surface area contributed by atoms with Crippen molar-refractivity contribution < 1.29 is 4.79 Å². The summed E-state index contributed by atoms with van der Waals surface area (Å²) < 4.78 is 2.11. The second-order valence-electron chi connectivity index (χ2n) is 8.38. The zero-order valence-electron chi connectivity index (χ0n) is 17.4. The van der Waals surface area contributed by atoms with Gasteiger partial charge in [0.1, 0.15) is 0 Å². The molecule has 0 unspecified atom stereocenters. The van der Waals surface area contributed by atoms with Crippen LogP contribution in [0.15, 0.2) is 30.5 Å². The molecule has 4 heterocycles. The number of rotatable bonds is 2. The summed E-state index contributed by atoms with van der Waals surface area (Å²) in [7, 11) is 4.15. The van der Waals surface area contributed by atoms with Crippen LogP contribution in [0.3, 0.4) is 0 Å². The lowest BCUT2D eigenvalue weighted by Crippen LogP contribution is -2.33. The maximum absolute atomic E-state index is 13.7. The Morgan fingerprint density at radius 3 is 2.86 bits per heavy atom. The smallest absolute Gasteiger partial charge is 0.256 e. The molecule has 150 valence electrons. The van der Waals surface area contributed by atoms with Crippen LogP contribution < -0.4 is 0 Å². The molecule has 2 aliphatic rings. The van der Waals surface area contributed by atoms with Crippen LogP contribution in [-0.2, 0) is 20.0 Å². The summed E-state index contributed by atoms with van der Waals surface area (Å²) in [5, 5.41) is 1.03. The van der Waals surface area contributed by atoms with Crippen molar-refractivity contribution in [3.8, 4) is 0 Å². The highest BCUT2D eigenvalue weighted by molar-refractivity contribution is 6.08. The Hall–Kier alpha value is -2.73. The number of nitrogens with zero attached hydrogens (tertiary/aromatic N) is 5. The van der Waals surface area contributed by atoms with Crippen LogP contribution >= 0.6 is 0 Å². The van der Waals surface area contributed by atoms with Crippen LogP contribution in [0.2, 0.25) is 0 Å². The third-order valence-corrected chi connectivity index (χ3v) is 6.57. The molecule has 0 bridgehead atoms. The number of hydrogen-bond acceptors (Lipinski definition) is 4. The van der Waals surface area contributed by atoms with Crippen molar-refractivity contribution in [2.75, 3.05) is 20.1 Å². The van der Waals surface area contributed by atoms with E-state index in [1.807, 2.05) is 43.3 Å². The van der Waals surface area contributed by atoms with Crippen LogP contribution in [0.25, 0.3) is 10.9 Å². The molecule has 6 nitrogen and oxygen atoms in total. The van der Waals surface area contributed by atoms with E-state index in [0.717, 1.165) is 72.6 Å². The van der Waals surface area contributed by atoms with Crippen LogP contribution in [0.5, 0.6) is 0 Å². The van der Waals surface area contributed by atoms with Gasteiger partial charge in [0.15, 0.2) is 5.82 Å². The number of aryl methyl sites for hydroxylation is 1. The number of likely N-dealkylation sites (tertiary alicyclic amines) is 1. The average molecular weight is 390 g/mol. The fourth-order valence-electron chi connectivity index (χ4n) is 4.85. The molecule has 2 aliphatic heterocycles. The molecule has 2 aromatic heterocycles. The quantitative estimate of drug-likeness (QED) is 0.675. The molecule has 1 saturated heterocycles. The lowest BCUT2D eigenvalue weighted by molar-refractivity contribution is 0.0730. The molecule has 29 heavy (non-hydrogen) atoms. The third kappa shape index (κ3) is 2.94. The van der Waals surface area contributed by atoms with E-state index in [2.05, 4.69) is 27.6 Å². The average Bonchev–Trinajstić information content (AvgIpc) is 3.31. The summed E-state index contributed by atoms with van der Waals surface area (Å²) in [4.78, 5) is 27.5. The monoisotopic (exact) mass is 389 g/mol. The summed E-state index contributed by atoms with van der Waals surface area (Å²) in [5.41, 5.74) is 5.28. The van der Waals surface area contributed by atoms with Gasteiger partial charge in [0.05, 0.1) is 11.6 Å². The number of carbonyl (C=O) groups is 1. The molecule has 6 heteroatoms. The van der Waals surface area contributed by atoms with Gasteiger partial charge in [-0.1, -0.05) is 18.2 Å². The summed E-state index contributed by atoms with van der Waals surface area (Å²) in [6.07, 6.45) is 4.83. The number of fused-ring (bicyclic) bond motifs is 2. The lowest BCUT2D eigenvalue weighted by Gasteiger charge is -2.27. The number of aromatic nitrogens is 3. The van der Waals surface area contributed by atoms with Gasteiger partial charge in [0, 0.05) is 67.2 Å². The fourth-order valence-corrected chi connectivity index (χ4v) is 4.85. The van der Waals surface area contributed by atoms with Gasteiger partial charge in [0.25, 0.3) is 5.91 Å². The first-order valence-electron chi connectivity index (χ1n) is 10.4. The van der Waals surface area contributed by atoms with E-state index in [4.69, 9.17) is 4.98 Å². The molecule has 1 aromatic carbocycles. The molecule has 0 N–H and O–H groups in total. The second kappa shape index (κ2) is 6.95. The number of likely N-dealkylation sites (N-methyl/N-ethyl adjacent to an activating group) is 1. The van der Waals surface area contributed by atoms with Crippen molar-refractivity contribution in [2.45, 2.75) is 38.8 Å². The predicted molar refractivity (Wildman–Crippen MR) is 113 cm³/mol. The summed E-state index contributed by atoms with van der Waals surface area (Å²) in [5.74, 6) is 0.903. The first kappa shape index (κ1) is 18.3. The standard InChI is InChI=1S/C23H27N5O/c1-15-21(17-7-4-5-8-19(17)27(15)3)23(29)28-11-6-9-20(28)22-24-13-16-14-26(2)12-10-18(16)25-22/h4-5,7-8,13,20H,6,9-12,14H2,1-3H3/t20-/m0/s1. The molecule has 5 rings (SSSR count). The normalized spacial score (nSPS) is 19.7. The fraction of sp³-hybridized carbons (Fsp3) is 0.435. The zero-order chi connectivity index (χ0) is 20.1. The van der Waals surface area contributed by atoms with Crippen molar-refractivity contribution in [3.63, 3.8) is 0 Å². The second-order valence-corrected chi connectivity index (χ2v) is 8.38. The van der Waals surface area contributed by atoms with Crippen LogP contribution in [0.4, 0.5) is 0 Å². The summed E-state index contributed by atoms with van der Waals surface area (Å²) >= 11 is 0. The molecule has 1 atom stereocenters. The number of carbonyl (C=O) groups excluding carboxylic acids is 1. The van der Waals surface area contributed by atoms with E-state index in [1.165, 1.54) is 5.56 Å². The largest absolute Gasteiger partial charge is 0.347 e. The highest BCUT2D eigenvalue weighted by Crippen LogP contribution is 2.35. The van der Waals surface area contributed by atoms with Gasteiger partial charge in [0.2, 0.25) is 0 Å². The molecule has 0 saturated carbocycles. The van der Waals surface area contributed by atoms with Crippen LogP contribution in [0.1, 0.15) is 52.0 Å². The third-order valence-electron chi connectivity index (χ3n) is 6.57. The van der Waals surface area contributed by atoms with E-state index < -0.39 is 0 Å². The lowest BCUT2D eigenvalue weighted by atomic mass is 10.1. The van der Waals surface area contributed by atoms with E-state index in [-0.39, 0.29) is 11.9 Å². The van der Waals surface area contributed by atoms with Gasteiger partial charge in [-0.25, -0.2) is 9.97 Å². The van der Waals surface area contributed by atoms with Crippen molar-refractivity contribution in [2.24, 2.45) is 7.05 Å². The van der Waals surface area contributed by atoms with E-state index in [1.54, 1.807) is 0 Å². The minimum Gasteiger partial charge on any atom is -0.347 e. The van der Waals surface area contributed by atoms with Gasteiger partial charge < -0.3 is 14.4 Å². The Balaban J connectivity index is 1.51. The Morgan fingerprint density at radius 1 is 1.17 bits per heavy atom. The van der Waals surface area contributed by atoms with Gasteiger partial charge in [-0.15, -0.1) is 0 Å². The van der Waals surface area contributed by atoms with Crippen molar-refractivity contribution in [3.05, 3.63) is 58.8 Å². The number of amides is 1. The van der Waals surface area contributed by atoms with Gasteiger partial charge in [-0.2, -0.15) is 0 Å². The first-order valence-corrected chi connectivity index (χ1v) is 10.4. The zero-order valence-corrected chi connectivity index (χ0v) is 17.4. The van der Waals surface area contributed by atoms with Crippen molar-refractivity contribution in [1.82, 2.24) is 24.3 Å². The van der Waals surface area contributed by atoms with E-state index >= 15 is 0 Å². The Bertz CT molecular complexity index is 1100. The SMILES string of the molecule is Cc1c(C(=O)N2CCC[C@H]2c2ncc3c(n2)CCN(C)C3)c2ccccc2n1C. The minimum atomic E-state index is -0.0363. The molecular weight excluding hydrogens is 362 g/mol. The van der Waals surface area contributed by atoms with E-state index in [0.29, 0.717) is 0 Å². The Kier molecular flexibility index (Phi) is 4.39. The predicted octanol–water partition coefficient (Wildman–Crippen LogP) is 3.24. The number of benzene rings is 1. The Morgan fingerprint density at radius 2 is 2.00 bits per heavy atom. The van der Waals surface area contributed by atoms with Crippen molar-refractivity contribution >= 4 is 16.8 Å². The van der Waals surface area contributed by atoms with Gasteiger partial charge in [-0.05, 0) is 32.9 Å². The molecule has 1 fully saturated rings. The number of hydrogen-bond donors (Lipinski definition) is 0. The molecule has 0 aliphatic carbocycles.